The summed E-state index contributed by atoms with van der Waals surface area (Å²) in [5, 5.41) is 0.525. The van der Waals surface area contributed by atoms with Crippen LogP contribution in [0.1, 0.15) is 55.4 Å². The van der Waals surface area contributed by atoms with E-state index in [4.69, 9.17) is 32.7 Å². The monoisotopic (exact) mass is 667 g/mol. The number of imide groups is 1. The van der Waals surface area contributed by atoms with Gasteiger partial charge in [0.25, 0.3) is 0 Å². The largest absolute Gasteiger partial charge is 0.454 e. The Hall–Kier alpha value is -4.79. The molecule has 0 unspecified atom stereocenters. The number of Topliss-reactive ketones (excluding diaryl/α,β-unsaturated/α-hetero) is 1. The summed E-state index contributed by atoms with van der Waals surface area (Å²) in [5.74, 6) is -2.40. The minimum atomic E-state index is -0.769. The van der Waals surface area contributed by atoms with Crippen LogP contribution in [0, 0.1) is 23.7 Å². The number of amides is 2. The Bertz CT molecular complexity index is 1930. The minimum Gasteiger partial charge on any atom is -0.454 e. The summed E-state index contributed by atoms with van der Waals surface area (Å²) in [6, 6.07) is 26.5. The Morgan fingerprint density at radius 3 is 2.23 bits per heavy atom. The molecule has 7 rings (SSSR count). The van der Waals surface area contributed by atoms with Gasteiger partial charge in [-0.3, -0.25) is 19.3 Å². The van der Waals surface area contributed by atoms with Crippen LogP contribution in [0.5, 0.6) is 5.75 Å². The van der Waals surface area contributed by atoms with Crippen LogP contribution in [0.15, 0.2) is 97.1 Å². The number of fused-ring (bicyclic) bond motifs is 5. The van der Waals surface area contributed by atoms with Gasteiger partial charge in [0.1, 0.15) is 5.75 Å². The summed E-state index contributed by atoms with van der Waals surface area (Å²) in [6.45, 7) is -0.543. The highest BCUT2D eigenvalue weighted by atomic mass is 35.5. The van der Waals surface area contributed by atoms with Crippen molar-refractivity contribution in [3.05, 3.63) is 129 Å². The van der Waals surface area contributed by atoms with Crippen LogP contribution in [0.4, 0.5) is 5.69 Å². The van der Waals surface area contributed by atoms with Gasteiger partial charge in [-0.15, -0.1) is 0 Å². The molecule has 0 N–H and O–H groups in total. The van der Waals surface area contributed by atoms with Crippen molar-refractivity contribution in [2.24, 2.45) is 23.7 Å². The fourth-order valence-electron chi connectivity index (χ4n) is 7.39. The molecular weight excluding hydrogens is 641 g/mol. The summed E-state index contributed by atoms with van der Waals surface area (Å²) in [5.41, 5.74) is 2.00. The first-order valence-electron chi connectivity index (χ1n) is 15.2. The van der Waals surface area contributed by atoms with E-state index in [1.165, 1.54) is 65.1 Å². The van der Waals surface area contributed by atoms with Gasteiger partial charge in [0.15, 0.2) is 12.4 Å². The number of anilines is 1. The molecule has 4 aromatic carbocycles. The van der Waals surface area contributed by atoms with Gasteiger partial charge in [-0.05, 0) is 96.8 Å². The average Bonchev–Trinajstić information content (AvgIpc) is 3.75. The van der Waals surface area contributed by atoms with Gasteiger partial charge in [-0.1, -0.05) is 59.6 Å². The van der Waals surface area contributed by atoms with Crippen LogP contribution >= 0.6 is 23.2 Å². The predicted molar refractivity (Wildman–Crippen MR) is 174 cm³/mol. The lowest BCUT2D eigenvalue weighted by atomic mass is 9.73. The van der Waals surface area contributed by atoms with E-state index in [0.717, 1.165) is 12.8 Å². The summed E-state index contributed by atoms with van der Waals surface area (Å²) < 4.78 is 10.6. The third-order valence-corrected chi connectivity index (χ3v) is 10.0. The lowest BCUT2D eigenvalue weighted by Crippen LogP contribution is -2.33. The molecule has 1 heterocycles. The number of esters is 2. The maximum absolute atomic E-state index is 13.7. The van der Waals surface area contributed by atoms with E-state index >= 15 is 0 Å². The van der Waals surface area contributed by atoms with Crippen LogP contribution in [0.3, 0.4) is 0 Å². The maximum atomic E-state index is 13.7. The number of benzene rings is 4. The number of rotatable bonds is 8. The highest BCUT2D eigenvalue weighted by Crippen LogP contribution is 2.61. The molecular formula is C37H27Cl2NO7. The maximum Gasteiger partial charge on any atom is 0.345 e. The Balaban J connectivity index is 0.977. The van der Waals surface area contributed by atoms with Gasteiger partial charge >= 0.3 is 11.9 Å². The van der Waals surface area contributed by atoms with E-state index in [9.17, 15) is 24.0 Å². The normalized spacial score (nSPS) is 22.7. The van der Waals surface area contributed by atoms with E-state index in [-0.39, 0.29) is 68.9 Å². The molecule has 47 heavy (non-hydrogen) atoms. The van der Waals surface area contributed by atoms with Crippen molar-refractivity contribution in [2.45, 2.75) is 18.8 Å². The molecule has 2 amide bonds. The first-order chi connectivity index (χ1) is 22.7. The SMILES string of the molecule is O=C(COC(=O)c1cccc(N2C(=O)[C@@H]3[C@@H]4C[C@H]([C@H]3C2=O)[C@@H](c2ccccc2)C4)c1)c1ccc(OC(=O)c2ccc(Cl)cc2Cl)cc1. The molecule has 1 aliphatic heterocycles. The molecule has 2 bridgehead atoms. The highest BCUT2D eigenvalue weighted by Gasteiger charge is 2.64. The van der Waals surface area contributed by atoms with Gasteiger partial charge in [0, 0.05) is 10.6 Å². The van der Waals surface area contributed by atoms with Crippen molar-refractivity contribution in [2.75, 3.05) is 11.5 Å². The van der Waals surface area contributed by atoms with E-state index < -0.39 is 24.3 Å². The Kier molecular flexibility index (Phi) is 8.16. The van der Waals surface area contributed by atoms with Gasteiger partial charge in [-0.25, -0.2) is 9.59 Å². The number of ketones is 1. The van der Waals surface area contributed by atoms with Crippen molar-refractivity contribution in [1.82, 2.24) is 0 Å². The average molecular weight is 669 g/mol. The molecule has 2 aliphatic carbocycles. The summed E-state index contributed by atoms with van der Waals surface area (Å²) >= 11 is 11.9. The third-order valence-electron chi connectivity index (χ3n) is 9.46. The number of hydrogen-bond acceptors (Lipinski definition) is 7. The van der Waals surface area contributed by atoms with Gasteiger partial charge < -0.3 is 9.47 Å². The van der Waals surface area contributed by atoms with Crippen molar-refractivity contribution in [1.29, 1.82) is 0 Å². The number of halogens is 2. The third kappa shape index (κ3) is 5.72. The fourth-order valence-corrected chi connectivity index (χ4v) is 7.88. The van der Waals surface area contributed by atoms with Crippen LogP contribution in [0.2, 0.25) is 10.0 Å². The van der Waals surface area contributed by atoms with Crippen LogP contribution < -0.4 is 9.64 Å². The zero-order chi connectivity index (χ0) is 32.8. The standard InChI is InChI=1S/C37H27Cl2NO7/c38-24-11-14-27(30(39)18-24)37(45)47-26-12-9-21(10-13-26)31(41)19-46-36(44)22-7-4-8-25(15-22)40-34(42)32-23-16-28(20-5-2-1-3-6-20)29(17-23)33(32)35(40)43/h1-15,18,23,28-29,32-33H,16-17,19H2/t23-,28+,29-,32+,33+/m0/s1. The second-order valence-corrected chi connectivity index (χ2v) is 12.9. The molecule has 1 saturated heterocycles. The van der Waals surface area contributed by atoms with Gasteiger partial charge in [-0.2, -0.15) is 0 Å². The number of ether oxygens (including phenoxy) is 2. The Labute approximate surface area is 280 Å². The molecule has 10 heteroatoms. The minimum absolute atomic E-state index is 0.108. The molecule has 0 radical (unpaired) electrons. The van der Waals surface area contributed by atoms with Crippen molar-refractivity contribution in [3.63, 3.8) is 0 Å². The van der Waals surface area contributed by atoms with Crippen LogP contribution in [-0.2, 0) is 14.3 Å². The quantitative estimate of drug-likeness (QED) is 0.0848. The van der Waals surface area contributed by atoms with Gasteiger partial charge in [0.05, 0.1) is 33.7 Å². The van der Waals surface area contributed by atoms with E-state index in [0.29, 0.717) is 10.7 Å². The number of carbonyl (C=O) groups excluding carboxylic acids is 5. The van der Waals surface area contributed by atoms with Gasteiger partial charge in [0.2, 0.25) is 11.8 Å². The summed E-state index contributed by atoms with van der Waals surface area (Å²) in [6.07, 6.45) is 1.75. The molecule has 5 atom stereocenters. The van der Waals surface area contributed by atoms with Crippen molar-refractivity contribution in [3.8, 4) is 5.75 Å². The molecule has 4 aromatic rings. The zero-order valence-corrected chi connectivity index (χ0v) is 26.3. The topological polar surface area (TPSA) is 107 Å². The number of hydrogen-bond donors (Lipinski definition) is 0. The van der Waals surface area contributed by atoms with Crippen LogP contribution in [0.25, 0.3) is 0 Å². The smallest absolute Gasteiger partial charge is 0.345 e. The van der Waals surface area contributed by atoms with E-state index in [1.54, 1.807) is 12.1 Å². The molecule has 8 nitrogen and oxygen atoms in total. The van der Waals surface area contributed by atoms with E-state index in [2.05, 4.69) is 12.1 Å². The molecule has 236 valence electrons. The van der Waals surface area contributed by atoms with E-state index in [1.807, 2.05) is 18.2 Å². The number of nitrogens with zero attached hydrogens (tertiary/aromatic N) is 1. The zero-order valence-electron chi connectivity index (χ0n) is 24.8. The fraction of sp³-hybridized carbons (Fsp3) is 0.216. The van der Waals surface area contributed by atoms with Crippen molar-refractivity contribution >= 4 is 58.4 Å². The molecule has 2 saturated carbocycles. The van der Waals surface area contributed by atoms with Crippen molar-refractivity contribution < 1.29 is 33.4 Å². The Morgan fingerprint density at radius 2 is 1.49 bits per heavy atom. The lowest BCUT2D eigenvalue weighted by Gasteiger charge is -2.28. The summed E-state index contributed by atoms with van der Waals surface area (Å²) in [4.78, 5) is 66.7. The molecule has 0 spiro atoms. The molecule has 0 aromatic heterocycles. The van der Waals surface area contributed by atoms with Crippen LogP contribution in [-0.4, -0.2) is 36.1 Å². The predicted octanol–water partition coefficient (Wildman–Crippen LogP) is 7.18. The molecule has 3 fully saturated rings. The first-order valence-corrected chi connectivity index (χ1v) is 16.0. The lowest BCUT2D eigenvalue weighted by molar-refractivity contribution is -0.123. The second-order valence-electron chi connectivity index (χ2n) is 12.1. The highest BCUT2D eigenvalue weighted by molar-refractivity contribution is 6.36. The summed E-state index contributed by atoms with van der Waals surface area (Å²) in [7, 11) is 0. The molecule has 3 aliphatic rings. The first kappa shape index (κ1) is 30.8. The second kappa shape index (κ2) is 12.4. The Morgan fingerprint density at radius 1 is 0.745 bits per heavy atom. The number of carbonyl (C=O) groups is 5.